The van der Waals surface area contributed by atoms with Crippen molar-refractivity contribution < 1.29 is 4.79 Å². The Bertz CT molecular complexity index is 666. The molecule has 1 aliphatic heterocycles. The Morgan fingerprint density at radius 3 is 2.86 bits per heavy atom. The molecule has 3 rings (SSSR count). The second-order valence-corrected chi connectivity index (χ2v) is 6.60. The lowest BCUT2D eigenvalue weighted by molar-refractivity contribution is -0.128. The van der Waals surface area contributed by atoms with Crippen LogP contribution in [0.3, 0.4) is 0 Å². The Balaban J connectivity index is 1.84. The summed E-state index contributed by atoms with van der Waals surface area (Å²) in [5.41, 5.74) is 2.00. The molecule has 21 heavy (non-hydrogen) atoms. The third-order valence-corrected chi connectivity index (χ3v) is 5.27. The molecule has 6 heteroatoms. The maximum atomic E-state index is 12.1. The topological polar surface area (TPSA) is 33.2 Å². The van der Waals surface area contributed by atoms with E-state index in [4.69, 9.17) is 23.2 Å². The lowest BCUT2D eigenvalue weighted by atomic mass is 10.2. The first-order valence-electron chi connectivity index (χ1n) is 6.40. The van der Waals surface area contributed by atoms with E-state index in [1.54, 1.807) is 36.3 Å². The van der Waals surface area contributed by atoms with Crippen molar-refractivity contribution in [1.29, 1.82) is 0 Å². The highest BCUT2D eigenvalue weighted by atomic mass is 35.5. The summed E-state index contributed by atoms with van der Waals surface area (Å²) < 4.78 is 0. The first kappa shape index (κ1) is 14.7. The molecule has 1 amide bonds. The minimum absolute atomic E-state index is 0.000605. The smallest absolute Gasteiger partial charge is 0.234 e. The van der Waals surface area contributed by atoms with Crippen molar-refractivity contribution in [3.8, 4) is 0 Å². The van der Waals surface area contributed by atoms with Crippen LogP contribution in [-0.4, -0.2) is 21.5 Å². The number of nitrogens with zero attached hydrogens (tertiary/aromatic N) is 2. The molecule has 0 unspecified atom stereocenters. The van der Waals surface area contributed by atoms with E-state index in [0.29, 0.717) is 22.3 Å². The van der Waals surface area contributed by atoms with Gasteiger partial charge in [0.25, 0.3) is 0 Å². The lowest BCUT2D eigenvalue weighted by Crippen LogP contribution is -2.27. The van der Waals surface area contributed by atoms with Crippen LogP contribution in [0.1, 0.15) is 16.5 Å². The van der Waals surface area contributed by atoms with Gasteiger partial charge in [-0.3, -0.25) is 9.78 Å². The van der Waals surface area contributed by atoms with Crippen LogP contribution in [0.2, 0.25) is 10.0 Å². The summed E-state index contributed by atoms with van der Waals surface area (Å²) in [5, 5.41) is 1.03. The minimum Gasteiger partial charge on any atom is -0.321 e. The zero-order chi connectivity index (χ0) is 14.8. The van der Waals surface area contributed by atoms with Gasteiger partial charge in [-0.15, -0.1) is 11.8 Å². The number of carbonyl (C=O) groups is 1. The van der Waals surface area contributed by atoms with Crippen molar-refractivity contribution in [2.75, 3.05) is 5.75 Å². The number of hydrogen-bond acceptors (Lipinski definition) is 3. The molecular formula is C15H12Cl2N2OS. The van der Waals surface area contributed by atoms with Crippen molar-refractivity contribution in [2.24, 2.45) is 0 Å². The van der Waals surface area contributed by atoms with E-state index >= 15 is 0 Å². The first-order valence-corrected chi connectivity index (χ1v) is 8.20. The Morgan fingerprint density at radius 2 is 2.14 bits per heavy atom. The summed E-state index contributed by atoms with van der Waals surface area (Å²) in [7, 11) is 0. The maximum Gasteiger partial charge on any atom is 0.234 e. The van der Waals surface area contributed by atoms with Gasteiger partial charge in [-0.05, 0) is 23.8 Å². The molecule has 0 spiro atoms. The first-order chi connectivity index (χ1) is 10.1. The quantitative estimate of drug-likeness (QED) is 0.842. The number of amides is 1. The van der Waals surface area contributed by atoms with Gasteiger partial charge in [0, 0.05) is 24.5 Å². The fourth-order valence-electron chi connectivity index (χ4n) is 2.26. The van der Waals surface area contributed by atoms with E-state index in [-0.39, 0.29) is 11.3 Å². The predicted octanol–water partition coefficient (Wildman–Crippen LogP) is 4.16. The zero-order valence-corrected chi connectivity index (χ0v) is 13.3. The Hall–Kier alpha value is -1.23. The molecule has 1 aliphatic rings. The van der Waals surface area contributed by atoms with Gasteiger partial charge in [0.2, 0.25) is 5.91 Å². The number of carbonyl (C=O) groups excluding carboxylic acids is 1. The molecule has 3 nitrogen and oxygen atoms in total. The van der Waals surface area contributed by atoms with E-state index in [1.807, 2.05) is 23.1 Å². The highest BCUT2D eigenvalue weighted by molar-refractivity contribution is 8.00. The van der Waals surface area contributed by atoms with Crippen LogP contribution in [0.4, 0.5) is 0 Å². The summed E-state index contributed by atoms with van der Waals surface area (Å²) in [5.74, 6) is 0.612. The van der Waals surface area contributed by atoms with Crippen LogP contribution in [0.5, 0.6) is 0 Å². The number of benzene rings is 1. The average Bonchev–Trinajstić information content (AvgIpc) is 2.85. The van der Waals surface area contributed by atoms with Gasteiger partial charge >= 0.3 is 0 Å². The number of thioether (sulfide) groups is 1. The molecule has 1 fully saturated rings. The van der Waals surface area contributed by atoms with Gasteiger partial charge in [-0.25, -0.2) is 0 Å². The average molecular weight is 339 g/mol. The fourth-order valence-corrected chi connectivity index (χ4v) is 3.75. The van der Waals surface area contributed by atoms with Crippen molar-refractivity contribution in [2.45, 2.75) is 11.9 Å². The van der Waals surface area contributed by atoms with Crippen molar-refractivity contribution >= 4 is 40.9 Å². The van der Waals surface area contributed by atoms with Gasteiger partial charge in [-0.1, -0.05) is 35.3 Å². The molecule has 2 aromatic rings. The van der Waals surface area contributed by atoms with Crippen molar-refractivity contribution in [1.82, 2.24) is 9.88 Å². The third kappa shape index (κ3) is 3.18. The number of hydrogen-bond donors (Lipinski definition) is 0. The van der Waals surface area contributed by atoms with E-state index in [9.17, 15) is 4.79 Å². The highest BCUT2D eigenvalue weighted by Crippen LogP contribution is 2.39. The Labute approximate surface area is 137 Å². The zero-order valence-electron chi connectivity index (χ0n) is 11.0. The molecule has 1 aromatic carbocycles. The Morgan fingerprint density at radius 1 is 1.29 bits per heavy atom. The van der Waals surface area contributed by atoms with E-state index in [1.165, 1.54) is 0 Å². The van der Waals surface area contributed by atoms with Crippen LogP contribution in [-0.2, 0) is 11.3 Å². The van der Waals surface area contributed by atoms with Gasteiger partial charge in [-0.2, -0.15) is 0 Å². The fraction of sp³-hybridized carbons (Fsp3) is 0.200. The summed E-state index contributed by atoms with van der Waals surface area (Å²) in [6, 6.07) is 9.33. The van der Waals surface area contributed by atoms with Gasteiger partial charge in [0.05, 0.1) is 15.8 Å². The molecule has 2 heterocycles. The van der Waals surface area contributed by atoms with Crippen LogP contribution in [0.25, 0.3) is 0 Å². The third-order valence-electron chi connectivity index (χ3n) is 3.27. The minimum atomic E-state index is 0.000605. The van der Waals surface area contributed by atoms with E-state index in [2.05, 4.69) is 4.98 Å². The molecule has 1 aromatic heterocycles. The molecular weight excluding hydrogens is 327 g/mol. The molecule has 0 radical (unpaired) electrons. The van der Waals surface area contributed by atoms with Crippen molar-refractivity contribution in [3.05, 3.63) is 63.9 Å². The molecule has 0 aliphatic carbocycles. The number of halogens is 2. The molecule has 0 N–H and O–H groups in total. The standard InChI is InChI=1S/C15H12Cl2N2OS/c16-12-4-3-10(6-13(12)17)8-19-14(20)9-21-15(19)11-2-1-5-18-7-11/h1-7,15H,8-9H2/t15-/m1/s1. The van der Waals surface area contributed by atoms with Crippen molar-refractivity contribution in [3.63, 3.8) is 0 Å². The molecule has 108 valence electrons. The summed E-state index contributed by atoms with van der Waals surface area (Å²) in [6.45, 7) is 0.516. The van der Waals surface area contributed by atoms with Gasteiger partial charge in [0.15, 0.2) is 0 Å². The van der Waals surface area contributed by atoms with E-state index in [0.717, 1.165) is 11.1 Å². The summed E-state index contributed by atoms with van der Waals surface area (Å²) in [4.78, 5) is 18.1. The molecule has 0 saturated carbocycles. The number of rotatable bonds is 3. The van der Waals surface area contributed by atoms with Crippen LogP contribution in [0.15, 0.2) is 42.7 Å². The van der Waals surface area contributed by atoms with Gasteiger partial charge < -0.3 is 4.90 Å². The number of aromatic nitrogens is 1. The second-order valence-electron chi connectivity index (χ2n) is 4.72. The van der Waals surface area contributed by atoms with Crippen LogP contribution in [0, 0.1) is 0 Å². The summed E-state index contributed by atoms with van der Waals surface area (Å²) >= 11 is 13.6. The second kappa shape index (κ2) is 6.26. The Kier molecular flexibility index (Phi) is 4.38. The SMILES string of the molecule is O=C1CS[C@H](c2cccnc2)N1Cc1ccc(Cl)c(Cl)c1. The number of pyridine rings is 1. The highest BCUT2D eigenvalue weighted by Gasteiger charge is 2.32. The monoisotopic (exact) mass is 338 g/mol. The van der Waals surface area contributed by atoms with Gasteiger partial charge in [0.1, 0.15) is 5.37 Å². The normalized spacial score (nSPS) is 18.3. The lowest BCUT2D eigenvalue weighted by Gasteiger charge is -2.24. The molecule has 1 atom stereocenters. The molecule has 1 saturated heterocycles. The van der Waals surface area contributed by atoms with Crippen LogP contribution >= 0.6 is 35.0 Å². The predicted molar refractivity (Wildman–Crippen MR) is 86.4 cm³/mol. The molecule has 0 bridgehead atoms. The largest absolute Gasteiger partial charge is 0.321 e. The maximum absolute atomic E-state index is 12.1. The van der Waals surface area contributed by atoms with E-state index < -0.39 is 0 Å². The summed E-state index contributed by atoms with van der Waals surface area (Å²) in [6.07, 6.45) is 3.53. The van der Waals surface area contributed by atoms with Crippen LogP contribution < -0.4 is 0 Å².